The molecule has 0 aromatic heterocycles. The summed E-state index contributed by atoms with van der Waals surface area (Å²) in [4.78, 5) is 10.6. The Balaban J connectivity index is 2.92. The van der Waals surface area contributed by atoms with E-state index in [1.165, 1.54) is 7.11 Å². The third-order valence-electron chi connectivity index (χ3n) is 2.16. The Morgan fingerprint density at radius 3 is 2.88 bits per heavy atom. The van der Waals surface area contributed by atoms with Crippen LogP contribution in [-0.2, 0) is 11.2 Å². The maximum absolute atomic E-state index is 10.6. The highest BCUT2D eigenvalue weighted by molar-refractivity contribution is 5.73. The van der Waals surface area contributed by atoms with Crippen LogP contribution in [0.3, 0.4) is 0 Å². The molecule has 0 saturated carbocycles. The van der Waals surface area contributed by atoms with Crippen molar-refractivity contribution in [3.8, 4) is 11.8 Å². The predicted molar refractivity (Wildman–Crippen MR) is 57.0 cm³/mol. The molecule has 1 aromatic carbocycles. The van der Waals surface area contributed by atoms with Gasteiger partial charge in [-0.05, 0) is 24.1 Å². The van der Waals surface area contributed by atoms with Gasteiger partial charge in [-0.25, -0.2) is 0 Å². The number of hydrogen-bond acceptors (Lipinski definition) is 4. The molecule has 0 saturated heterocycles. The summed E-state index contributed by atoms with van der Waals surface area (Å²) >= 11 is 0. The molecule has 1 rings (SSSR count). The number of benzene rings is 1. The number of rotatable bonds is 4. The number of methoxy groups -OCH3 is 1. The molecule has 84 valence electrons. The van der Waals surface area contributed by atoms with E-state index in [4.69, 9.17) is 20.8 Å². The summed E-state index contributed by atoms with van der Waals surface area (Å²) in [7, 11) is 1.47. The normalized spacial score (nSPS) is 11.6. The predicted octanol–water partition coefficient (Wildman–Crippen LogP) is 0.521. The molecule has 5 heteroatoms. The van der Waals surface area contributed by atoms with Crippen LogP contribution in [-0.4, -0.2) is 24.2 Å². The number of hydrogen-bond donors (Lipinski definition) is 2. The first-order valence-corrected chi connectivity index (χ1v) is 4.64. The monoisotopic (exact) mass is 220 g/mol. The second-order valence-corrected chi connectivity index (χ2v) is 3.30. The maximum Gasteiger partial charge on any atom is 0.320 e. The van der Waals surface area contributed by atoms with Crippen LogP contribution in [0.25, 0.3) is 0 Å². The van der Waals surface area contributed by atoms with Crippen molar-refractivity contribution in [3.05, 3.63) is 29.3 Å². The van der Waals surface area contributed by atoms with E-state index >= 15 is 0 Å². The van der Waals surface area contributed by atoms with Gasteiger partial charge in [-0.2, -0.15) is 5.26 Å². The van der Waals surface area contributed by atoms with Crippen molar-refractivity contribution in [1.82, 2.24) is 0 Å². The quantitative estimate of drug-likeness (QED) is 0.771. The SMILES string of the molecule is COc1ccc(CC(N)C(=O)O)cc1C#N. The zero-order valence-corrected chi connectivity index (χ0v) is 8.80. The van der Waals surface area contributed by atoms with E-state index in [1.54, 1.807) is 18.2 Å². The fraction of sp³-hybridized carbons (Fsp3) is 0.273. The van der Waals surface area contributed by atoms with Gasteiger partial charge < -0.3 is 15.6 Å². The summed E-state index contributed by atoms with van der Waals surface area (Å²) in [6, 6.07) is 5.93. The van der Waals surface area contributed by atoms with Gasteiger partial charge in [0.15, 0.2) is 0 Å². The van der Waals surface area contributed by atoms with Crippen LogP contribution in [0, 0.1) is 11.3 Å². The summed E-state index contributed by atoms with van der Waals surface area (Å²) < 4.78 is 4.97. The van der Waals surface area contributed by atoms with Gasteiger partial charge in [0, 0.05) is 0 Å². The van der Waals surface area contributed by atoms with Crippen LogP contribution in [0.4, 0.5) is 0 Å². The Labute approximate surface area is 93.1 Å². The summed E-state index contributed by atoms with van der Waals surface area (Å²) in [5, 5.41) is 17.5. The first-order valence-electron chi connectivity index (χ1n) is 4.64. The number of carbonyl (C=O) groups is 1. The lowest BCUT2D eigenvalue weighted by molar-refractivity contribution is -0.138. The number of nitriles is 1. The lowest BCUT2D eigenvalue weighted by Crippen LogP contribution is -2.32. The number of aliphatic carboxylic acids is 1. The number of carboxylic acid groups (broad SMARTS) is 1. The van der Waals surface area contributed by atoms with Gasteiger partial charge in [0.2, 0.25) is 0 Å². The Morgan fingerprint density at radius 1 is 1.69 bits per heavy atom. The fourth-order valence-corrected chi connectivity index (χ4v) is 1.31. The van der Waals surface area contributed by atoms with E-state index in [1.807, 2.05) is 6.07 Å². The van der Waals surface area contributed by atoms with Crippen molar-refractivity contribution in [2.24, 2.45) is 5.73 Å². The molecular formula is C11H12N2O3. The number of carboxylic acids is 1. The van der Waals surface area contributed by atoms with E-state index in [0.717, 1.165) is 0 Å². The minimum Gasteiger partial charge on any atom is -0.495 e. The summed E-state index contributed by atoms with van der Waals surface area (Å²) in [5.41, 5.74) is 6.47. The van der Waals surface area contributed by atoms with Crippen LogP contribution in [0.1, 0.15) is 11.1 Å². The lowest BCUT2D eigenvalue weighted by atomic mass is 10.0. The highest BCUT2D eigenvalue weighted by Crippen LogP contribution is 2.19. The average molecular weight is 220 g/mol. The molecule has 0 spiro atoms. The molecule has 1 aromatic rings. The van der Waals surface area contributed by atoms with Crippen molar-refractivity contribution in [3.63, 3.8) is 0 Å². The third kappa shape index (κ3) is 2.72. The molecule has 0 fully saturated rings. The fourth-order valence-electron chi connectivity index (χ4n) is 1.31. The molecule has 0 aliphatic rings. The topological polar surface area (TPSA) is 96.3 Å². The van der Waals surface area contributed by atoms with Gasteiger partial charge in [-0.15, -0.1) is 0 Å². The number of ether oxygens (including phenoxy) is 1. The van der Waals surface area contributed by atoms with Crippen LogP contribution in [0.2, 0.25) is 0 Å². The second kappa shape index (κ2) is 5.14. The van der Waals surface area contributed by atoms with Crippen molar-refractivity contribution >= 4 is 5.97 Å². The Bertz CT molecular complexity index is 437. The first-order chi connectivity index (χ1) is 7.58. The minimum atomic E-state index is -1.06. The highest BCUT2D eigenvalue weighted by atomic mass is 16.5. The molecule has 0 aliphatic heterocycles. The Hall–Kier alpha value is -2.06. The van der Waals surface area contributed by atoms with Gasteiger partial charge in [0.05, 0.1) is 12.7 Å². The smallest absolute Gasteiger partial charge is 0.320 e. The lowest BCUT2D eigenvalue weighted by Gasteiger charge is -2.08. The Kier molecular flexibility index (Phi) is 3.86. The number of nitrogens with zero attached hydrogens (tertiary/aromatic N) is 1. The molecule has 5 nitrogen and oxygen atoms in total. The molecule has 16 heavy (non-hydrogen) atoms. The van der Waals surface area contributed by atoms with Crippen LogP contribution in [0.15, 0.2) is 18.2 Å². The molecule has 3 N–H and O–H groups in total. The van der Waals surface area contributed by atoms with E-state index < -0.39 is 12.0 Å². The molecular weight excluding hydrogens is 208 g/mol. The number of nitrogens with two attached hydrogens (primary N) is 1. The van der Waals surface area contributed by atoms with Crippen LogP contribution >= 0.6 is 0 Å². The van der Waals surface area contributed by atoms with Gasteiger partial charge in [0.1, 0.15) is 17.9 Å². The molecule has 1 unspecified atom stereocenters. The first kappa shape index (κ1) is 12.0. The zero-order chi connectivity index (χ0) is 12.1. The van der Waals surface area contributed by atoms with Crippen LogP contribution in [0.5, 0.6) is 5.75 Å². The standard InChI is InChI=1S/C11H12N2O3/c1-16-10-3-2-7(4-8(10)6-12)5-9(13)11(14)15/h2-4,9H,5,13H2,1H3,(H,14,15). The van der Waals surface area contributed by atoms with E-state index in [2.05, 4.69) is 0 Å². The third-order valence-corrected chi connectivity index (χ3v) is 2.16. The average Bonchev–Trinajstić information content (AvgIpc) is 2.28. The van der Waals surface area contributed by atoms with Crippen molar-refractivity contribution < 1.29 is 14.6 Å². The van der Waals surface area contributed by atoms with Crippen molar-refractivity contribution in [1.29, 1.82) is 5.26 Å². The minimum absolute atomic E-state index is 0.188. The van der Waals surface area contributed by atoms with E-state index in [-0.39, 0.29) is 6.42 Å². The second-order valence-electron chi connectivity index (χ2n) is 3.30. The molecule has 0 radical (unpaired) electrons. The molecule has 1 atom stereocenters. The molecule has 0 amide bonds. The van der Waals surface area contributed by atoms with Gasteiger partial charge in [0.25, 0.3) is 0 Å². The van der Waals surface area contributed by atoms with E-state index in [9.17, 15) is 4.79 Å². The molecule has 0 heterocycles. The maximum atomic E-state index is 10.6. The summed E-state index contributed by atoms with van der Waals surface area (Å²) in [6.45, 7) is 0. The Morgan fingerprint density at radius 2 is 2.38 bits per heavy atom. The molecule has 0 bridgehead atoms. The highest BCUT2D eigenvalue weighted by Gasteiger charge is 2.13. The van der Waals surface area contributed by atoms with Gasteiger partial charge in [-0.3, -0.25) is 4.79 Å². The van der Waals surface area contributed by atoms with Crippen LogP contribution < -0.4 is 10.5 Å². The largest absolute Gasteiger partial charge is 0.495 e. The summed E-state index contributed by atoms with van der Waals surface area (Å²) in [6.07, 6.45) is 0.188. The molecule has 0 aliphatic carbocycles. The van der Waals surface area contributed by atoms with Gasteiger partial charge >= 0.3 is 5.97 Å². The zero-order valence-electron chi connectivity index (χ0n) is 8.80. The summed E-state index contributed by atoms with van der Waals surface area (Å²) in [5.74, 6) is -0.593. The van der Waals surface area contributed by atoms with E-state index in [0.29, 0.717) is 16.9 Å². The van der Waals surface area contributed by atoms with Gasteiger partial charge in [-0.1, -0.05) is 6.07 Å². The van der Waals surface area contributed by atoms with Crippen molar-refractivity contribution in [2.45, 2.75) is 12.5 Å². The van der Waals surface area contributed by atoms with Crippen molar-refractivity contribution in [2.75, 3.05) is 7.11 Å².